The first kappa shape index (κ1) is 37.2. The predicted molar refractivity (Wildman–Crippen MR) is 186 cm³/mol. The van der Waals surface area contributed by atoms with Crippen LogP contribution in [0.5, 0.6) is 0 Å². The van der Waals surface area contributed by atoms with Gasteiger partial charge in [-0.3, -0.25) is 9.79 Å². The number of aliphatic hydroxyl groups excluding tert-OH is 1. The second-order valence-corrected chi connectivity index (χ2v) is 12.6. The molecule has 1 heterocycles. The molecule has 0 saturated heterocycles. The highest BCUT2D eigenvalue weighted by Crippen LogP contribution is 2.35. The molecular formula is C37H44F4N4O2S. The van der Waals surface area contributed by atoms with E-state index in [2.05, 4.69) is 23.6 Å². The van der Waals surface area contributed by atoms with Gasteiger partial charge >= 0.3 is 6.18 Å². The lowest BCUT2D eigenvalue weighted by Crippen LogP contribution is -2.45. The molecule has 0 spiro atoms. The molecule has 1 amide bonds. The number of thioether (sulfide) groups is 1. The van der Waals surface area contributed by atoms with Crippen LogP contribution in [0.25, 0.3) is 11.1 Å². The maximum atomic E-state index is 14.1. The normalized spacial score (nSPS) is 14.4. The van der Waals surface area contributed by atoms with E-state index in [1.54, 1.807) is 23.9 Å². The van der Waals surface area contributed by atoms with Gasteiger partial charge in [0.25, 0.3) is 0 Å². The summed E-state index contributed by atoms with van der Waals surface area (Å²) in [5.41, 5.74) is 5.28. The van der Waals surface area contributed by atoms with Gasteiger partial charge in [-0.1, -0.05) is 74.1 Å². The molecule has 2 aliphatic rings. The van der Waals surface area contributed by atoms with Gasteiger partial charge in [0.1, 0.15) is 12.4 Å². The molecule has 1 N–H and O–H groups in total. The number of nitrogens with zero attached hydrogens (tertiary/aromatic N) is 4. The van der Waals surface area contributed by atoms with Gasteiger partial charge in [0.15, 0.2) is 5.17 Å². The van der Waals surface area contributed by atoms with Gasteiger partial charge in [-0.2, -0.15) is 13.2 Å². The van der Waals surface area contributed by atoms with Crippen LogP contribution >= 0.6 is 11.8 Å². The van der Waals surface area contributed by atoms with E-state index in [9.17, 15) is 22.4 Å². The fourth-order valence-electron chi connectivity index (χ4n) is 5.87. The molecule has 6 nitrogen and oxygen atoms in total. The molecule has 48 heavy (non-hydrogen) atoms. The van der Waals surface area contributed by atoms with E-state index >= 15 is 0 Å². The lowest BCUT2D eigenvalue weighted by molar-refractivity contribution is -0.137. The minimum absolute atomic E-state index is 0.00899. The third-order valence-corrected chi connectivity index (χ3v) is 9.73. The number of alkyl halides is 3. The van der Waals surface area contributed by atoms with Gasteiger partial charge in [0, 0.05) is 38.2 Å². The zero-order chi connectivity index (χ0) is 34.7. The first-order valence-corrected chi connectivity index (χ1v) is 17.2. The van der Waals surface area contributed by atoms with Crippen LogP contribution < -0.4 is 0 Å². The number of allylic oxidation sites excluding steroid dienone is 1. The van der Waals surface area contributed by atoms with Crippen molar-refractivity contribution in [3.63, 3.8) is 0 Å². The van der Waals surface area contributed by atoms with Crippen LogP contribution in [0.3, 0.4) is 0 Å². The molecule has 3 aromatic rings. The van der Waals surface area contributed by atoms with Crippen molar-refractivity contribution in [2.75, 3.05) is 46.4 Å². The molecule has 1 aliphatic carbocycles. The van der Waals surface area contributed by atoms with E-state index in [1.807, 2.05) is 29.2 Å². The number of carbonyl (C=O) groups excluding carboxylic acids is 1. The summed E-state index contributed by atoms with van der Waals surface area (Å²) in [6.45, 7) is 8.57. The van der Waals surface area contributed by atoms with E-state index in [4.69, 9.17) is 10.1 Å². The maximum absolute atomic E-state index is 14.1. The number of likely N-dealkylation sites (N-methyl/N-ethyl adjacent to an activating group) is 1. The van der Waals surface area contributed by atoms with Crippen molar-refractivity contribution in [3.8, 4) is 11.1 Å². The fourth-order valence-corrected chi connectivity index (χ4v) is 6.84. The van der Waals surface area contributed by atoms with Crippen molar-refractivity contribution in [1.29, 1.82) is 0 Å². The molecule has 1 aliphatic heterocycles. The summed E-state index contributed by atoms with van der Waals surface area (Å²) in [5, 5.41) is 7.82. The highest BCUT2D eigenvalue weighted by atomic mass is 32.2. The minimum Gasteiger partial charge on any atom is -0.400 e. The Morgan fingerprint density at radius 1 is 0.875 bits per heavy atom. The van der Waals surface area contributed by atoms with Crippen molar-refractivity contribution >= 4 is 22.8 Å². The molecule has 0 bridgehead atoms. The Morgan fingerprint density at radius 3 is 2.08 bits per heavy atom. The smallest absolute Gasteiger partial charge is 0.400 e. The summed E-state index contributed by atoms with van der Waals surface area (Å²) in [6.07, 6.45) is -1.40. The number of hydrogen-bond acceptors (Lipinski definition) is 6. The number of benzene rings is 3. The third-order valence-electron chi connectivity index (χ3n) is 8.64. The summed E-state index contributed by atoms with van der Waals surface area (Å²) < 4.78 is 52.5. The van der Waals surface area contributed by atoms with E-state index in [-0.39, 0.29) is 18.3 Å². The molecule has 258 valence electrons. The van der Waals surface area contributed by atoms with Crippen LogP contribution in [-0.4, -0.2) is 77.3 Å². The topological polar surface area (TPSA) is 59.4 Å². The van der Waals surface area contributed by atoms with Crippen LogP contribution in [0.4, 0.5) is 17.6 Å². The minimum atomic E-state index is -4.37. The van der Waals surface area contributed by atoms with Gasteiger partial charge in [0.2, 0.25) is 5.91 Å². The summed E-state index contributed by atoms with van der Waals surface area (Å²) in [4.78, 5) is 25.3. The highest BCUT2D eigenvalue weighted by Gasteiger charge is 2.31. The second kappa shape index (κ2) is 17.6. The number of aliphatic imine (C=N–C) groups is 1. The van der Waals surface area contributed by atoms with E-state index < -0.39 is 11.7 Å². The predicted octanol–water partition coefficient (Wildman–Crippen LogP) is 7.83. The number of rotatable bonds is 12. The Morgan fingerprint density at radius 2 is 1.48 bits per heavy atom. The Hall–Kier alpha value is -3.67. The van der Waals surface area contributed by atoms with Crippen molar-refractivity contribution < 1.29 is 27.5 Å². The van der Waals surface area contributed by atoms with Crippen LogP contribution in [0, 0.1) is 5.82 Å². The average Bonchev–Trinajstić information content (AvgIpc) is 3.59. The van der Waals surface area contributed by atoms with Gasteiger partial charge in [-0.25, -0.2) is 4.39 Å². The Kier molecular flexibility index (Phi) is 13.7. The largest absolute Gasteiger partial charge is 0.416 e. The summed E-state index contributed by atoms with van der Waals surface area (Å²) in [6, 6.07) is 19.3. The molecule has 0 atom stereocenters. The standard InChI is InChI=1S/C36H40F4N4OS.CH4O/c1-3-42(4-2)20-21-43(23-26-8-12-28(13-9-26)29-14-16-31(17-15-29)36(38,39)40)34(45)24-44-33-7-5-6-30(33)22-41-35(44)46-25-27-10-18-32(37)19-11-27;1-2/h8-19H,3-7,20-25H2,1-2H3;2H,1H3. The quantitative estimate of drug-likeness (QED) is 0.197. The fraction of sp³-hybridized carbons (Fsp3) is 0.405. The van der Waals surface area contributed by atoms with Crippen molar-refractivity contribution in [1.82, 2.24) is 14.7 Å². The first-order valence-electron chi connectivity index (χ1n) is 16.3. The van der Waals surface area contributed by atoms with Crippen molar-refractivity contribution in [2.45, 2.75) is 51.6 Å². The average molecular weight is 685 g/mol. The van der Waals surface area contributed by atoms with E-state index in [0.29, 0.717) is 31.0 Å². The molecular weight excluding hydrogens is 640 g/mol. The number of halogens is 4. The van der Waals surface area contributed by atoms with E-state index in [0.717, 1.165) is 80.0 Å². The zero-order valence-electron chi connectivity index (χ0n) is 27.8. The van der Waals surface area contributed by atoms with Gasteiger partial charge in [0.05, 0.1) is 12.1 Å². The number of hydrogen-bond donors (Lipinski definition) is 1. The Bertz CT molecular complexity index is 1540. The molecule has 11 heteroatoms. The third kappa shape index (κ3) is 9.93. The summed E-state index contributed by atoms with van der Waals surface area (Å²) >= 11 is 1.58. The lowest BCUT2D eigenvalue weighted by atomic mass is 10.0. The Balaban J connectivity index is 0.00000255. The zero-order valence-corrected chi connectivity index (χ0v) is 28.6. The Labute approximate surface area is 285 Å². The van der Waals surface area contributed by atoms with Crippen LogP contribution in [0.2, 0.25) is 0 Å². The summed E-state index contributed by atoms with van der Waals surface area (Å²) in [7, 11) is 1.00. The molecule has 0 radical (unpaired) electrons. The van der Waals surface area contributed by atoms with Gasteiger partial charge in [-0.15, -0.1) is 0 Å². The number of aliphatic hydroxyl groups is 1. The monoisotopic (exact) mass is 684 g/mol. The SMILES string of the molecule is CCN(CC)CCN(Cc1ccc(-c2ccc(C(F)(F)F)cc2)cc1)C(=O)CN1C(SCc2ccc(F)cc2)=NCC2=C1CCC2.CO. The summed E-state index contributed by atoms with van der Waals surface area (Å²) in [5.74, 6) is 0.370. The van der Waals surface area contributed by atoms with Crippen LogP contribution in [-0.2, 0) is 23.3 Å². The molecule has 5 rings (SSSR count). The molecule has 0 unspecified atom stereocenters. The molecule has 0 saturated carbocycles. The lowest BCUT2D eigenvalue weighted by Gasteiger charge is -2.33. The number of amides is 1. The van der Waals surface area contributed by atoms with Gasteiger partial charge < -0.3 is 19.8 Å². The second-order valence-electron chi connectivity index (χ2n) is 11.6. The molecule has 0 aromatic heterocycles. The van der Waals surface area contributed by atoms with E-state index in [1.165, 1.54) is 35.5 Å². The highest BCUT2D eigenvalue weighted by molar-refractivity contribution is 8.13. The first-order chi connectivity index (χ1) is 23.1. The number of amidine groups is 1. The van der Waals surface area contributed by atoms with Crippen molar-refractivity contribution in [2.24, 2.45) is 4.99 Å². The molecule has 3 aromatic carbocycles. The van der Waals surface area contributed by atoms with Crippen LogP contribution in [0.1, 0.15) is 49.8 Å². The maximum Gasteiger partial charge on any atom is 0.416 e. The van der Waals surface area contributed by atoms with Crippen molar-refractivity contribution in [3.05, 3.63) is 107 Å². The number of carbonyl (C=O) groups is 1. The van der Waals surface area contributed by atoms with Crippen LogP contribution in [0.15, 0.2) is 89.1 Å². The van der Waals surface area contributed by atoms with Gasteiger partial charge in [-0.05, 0) is 84.4 Å². The molecule has 0 fully saturated rings.